The van der Waals surface area contributed by atoms with Gasteiger partial charge in [0.15, 0.2) is 0 Å². The molecule has 1 unspecified atom stereocenters. The van der Waals surface area contributed by atoms with Gasteiger partial charge in [-0.25, -0.2) is 4.79 Å². The molecule has 1 amide bonds. The smallest absolute Gasteiger partial charge is 0.475 e. The molecule has 3 heterocycles. The molecular weight excluding hydrogens is 425 g/mol. The van der Waals surface area contributed by atoms with E-state index in [0.717, 1.165) is 45.6 Å². The van der Waals surface area contributed by atoms with Crippen molar-refractivity contribution < 1.29 is 27.9 Å². The fourth-order valence-corrected chi connectivity index (χ4v) is 4.36. The van der Waals surface area contributed by atoms with Crippen LogP contribution in [0, 0.1) is 12.3 Å². The van der Waals surface area contributed by atoms with Gasteiger partial charge >= 0.3 is 12.1 Å². The van der Waals surface area contributed by atoms with Gasteiger partial charge in [0.05, 0.1) is 11.6 Å². The maximum absolute atomic E-state index is 13.1. The van der Waals surface area contributed by atoms with Gasteiger partial charge in [-0.2, -0.15) is 18.3 Å². The highest BCUT2D eigenvalue weighted by molar-refractivity contribution is 5.85. The zero-order valence-corrected chi connectivity index (χ0v) is 18.1. The molecule has 2 aliphatic rings. The predicted octanol–water partition coefficient (Wildman–Crippen LogP) is 2.99. The van der Waals surface area contributed by atoms with Crippen LogP contribution < -0.4 is 0 Å². The highest BCUT2D eigenvalue weighted by atomic mass is 19.4. The summed E-state index contributed by atoms with van der Waals surface area (Å²) in [6, 6.07) is 8.48. The number of amides is 1. The first-order valence-corrected chi connectivity index (χ1v) is 10.3. The number of nitrogens with zero attached hydrogens (tertiary/aromatic N) is 4. The summed E-state index contributed by atoms with van der Waals surface area (Å²) in [4.78, 5) is 26.5. The number of hydrogen-bond acceptors (Lipinski definition) is 4. The minimum Gasteiger partial charge on any atom is -0.475 e. The average Bonchev–Trinajstić information content (AvgIpc) is 3.38. The molecule has 0 bridgehead atoms. The number of halogens is 3. The Morgan fingerprint density at radius 3 is 2.47 bits per heavy atom. The number of carbonyl (C=O) groups excluding carboxylic acids is 1. The van der Waals surface area contributed by atoms with Crippen molar-refractivity contribution in [2.75, 3.05) is 19.6 Å². The Hall–Kier alpha value is -2.88. The first kappa shape index (κ1) is 23.8. The minimum absolute atomic E-state index is 0.161. The monoisotopic (exact) mass is 452 g/mol. The summed E-state index contributed by atoms with van der Waals surface area (Å²) in [5, 5.41) is 11.4. The molecule has 1 atom stereocenters. The summed E-state index contributed by atoms with van der Waals surface area (Å²) in [6.45, 7) is 6.49. The molecule has 10 heteroatoms. The number of benzene rings is 1. The van der Waals surface area contributed by atoms with Crippen LogP contribution in [-0.2, 0) is 29.7 Å². The van der Waals surface area contributed by atoms with E-state index in [-0.39, 0.29) is 5.41 Å². The molecule has 174 valence electrons. The first-order chi connectivity index (χ1) is 15.0. The van der Waals surface area contributed by atoms with Crippen LogP contribution in [0.5, 0.6) is 0 Å². The molecule has 2 aliphatic heterocycles. The number of alkyl halides is 3. The van der Waals surface area contributed by atoms with Crippen LogP contribution in [-0.4, -0.2) is 62.4 Å². The van der Waals surface area contributed by atoms with E-state index in [4.69, 9.17) is 9.90 Å². The summed E-state index contributed by atoms with van der Waals surface area (Å²) in [6.07, 6.45) is 0.870. The first-order valence-electron chi connectivity index (χ1n) is 10.3. The van der Waals surface area contributed by atoms with E-state index in [9.17, 15) is 18.0 Å². The second kappa shape index (κ2) is 9.32. The summed E-state index contributed by atoms with van der Waals surface area (Å²) in [7, 11) is 1.94. The van der Waals surface area contributed by atoms with Crippen LogP contribution in [0.15, 0.2) is 36.7 Å². The molecule has 32 heavy (non-hydrogen) atoms. The van der Waals surface area contributed by atoms with Crippen molar-refractivity contribution in [3.8, 4) is 0 Å². The summed E-state index contributed by atoms with van der Waals surface area (Å²) in [5.74, 6) is -2.41. The summed E-state index contributed by atoms with van der Waals surface area (Å²) >= 11 is 0. The third-order valence-electron chi connectivity index (χ3n) is 5.90. The standard InChI is InChI=1S/C20H26N4O.C2HF3O2/c1-16-4-3-5-17(10-16)14-24-9-7-20(19(24)25)6-8-23(15-20)13-18-11-21-22(2)12-18;3-2(4,5)1(6)7/h3-5,10-12H,6-9,13-15H2,1-2H3;(H,6,7). The highest BCUT2D eigenvalue weighted by Crippen LogP contribution is 2.41. The van der Waals surface area contributed by atoms with Gasteiger partial charge < -0.3 is 10.0 Å². The van der Waals surface area contributed by atoms with Crippen molar-refractivity contribution >= 4 is 11.9 Å². The molecule has 0 saturated carbocycles. The van der Waals surface area contributed by atoms with E-state index in [1.165, 1.54) is 16.7 Å². The Kier molecular flexibility index (Phi) is 6.92. The molecule has 0 aliphatic carbocycles. The Morgan fingerprint density at radius 2 is 1.88 bits per heavy atom. The Balaban J connectivity index is 0.000000360. The minimum atomic E-state index is -5.08. The molecule has 1 N–H and O–H groups in total. The quantitative estimate of drug-likeness (QED) is 0.772. The van der Waals surface area contributed by atoms with Crippen LogP contribution in [0.2, 0.25) is 0 Å². The maximum Gasteiger partial charge on any atom is 0.490 e. The fourth-order valence-electron chi connectivity index (χ4n) is 4.36. The van der Waals surface area contributed by atoms with Crippen molar-refractivity contribution in [1.29, 1.82) is 0 Å². The van der Waals surface area contributed by atoms with Crippen LogP contribution >= 0.6 is 0 Å². The third kappa shape index (κ3) is 5.67. The van der Waals surface area contributed by atoms with E-state index >= 15 is 0 Å². The van der Waals surface area contributed by atoms with Gasteiger partial charge in [0.25, 0.3) is 0 Å². The van der Waals surface area contributed by atoms with Crippen LogP contribution in [0.3, 0.4) is 0 Å². The number of aryl methyl sites for hydroxylation is 2. The van der Waals surface area contributed by atoms with Crippen LogP contribution in [0.25, 0.3) is 0 Å². The molecule has 0 radical (unpaired) electrons. The second-order valence-electron chi connectivity index (χ2n) is 8.53. The van der Waals surface area contributed by atoms with Gasteiger partial charge in [-0.15, -0.1) is 0 Å². The molecule has 2 saturated heterocycles. The molecule has 7 nitrogen and oxygen atoms in total. The Bertz CT molecular complexity index is 975. The highest BCUT2D eigenvalue weighted by Gasteiger charge is 2.50. The zero-order valence-electron chi connectivity index (χ0n) is 18.1. The number of carboxylic acid groups (broad SMARTS) is 1. The lowest BCUT2D eigenvalue weighted by Gasteiger charge is -2.23. The van der Waals surface area contributed by atoms with Gasteiger partial charge in [0.1, 0.15) is 0 Å². The molecule has 1 spiro atoms. The predicted molar refractivity (Wildman–Crippen MR) is 110 cm³/mol. The molecule has 4 rings (SSSR count). The van der Waals surface area contributed by atoms with E-state index in [0.29, 0.717) is 5.91 Å². The van der Waals surface area contributed by atoms with Crippen molar-refractivity contribution in [2.24, 2.45) is 12.5 Å². The number of carboxylic acids is 1. The summed E-state index contributed by atoms with van der Waals surface area (Å²) < 4.78 is 33.6. The number of carbonyl (C=O) groups is 2. The van der Waals surface area contributed by atoms with Crippen LogP contribution in [0.1, 0.15) is 29.5 Å². The Labute approximate surface area is 184 Å². The lowest BCUT2D eigenvalue weighted by molar-refractivity contribution is -0.192. The number of rotatable bonds is 4. The number of aromatic nitrogens is 2. The van der Waals surface area contributed by atoms with Crippen molar-refractivity contribution in [3.63, 3.8) is 0 Å². The van der Waals surface area contributed by atoms with Crippen molar-refractivity contribution in [3.05, 3.63) is 53.3 Å². The molecule has 2 aromatic rings. The topological polar surface area (TPSA) is 78.7 Å². The van der Waals surface area contributed by atoms with E-state index in [2.05, 4.69) is 52.3 Å². The SMILES string of the molecule is Cc1cccc(CN2CCC3(CCN(Cc4cnn(C)c4)C3)C2=O)c1.O=C(O)C(F)(F)F. The molecule has 1 aromatic carbocycles. The van der Waals surface area contributed by atoms with Gasteiger partial charge in [0, 0.05) is 45.0 Å². The van der Waals surface area contributed by atoms with Gasteiger partial charge in [-0.3, -0.25) is 14.4 Å². The lowest BCUT2D eigenvalue weighted by atomic mass is 9.85. The number of aliphatic carboxylic acids is 1. The molecule has 1 aromatic heterocycles. The largest absolute Gasteiger partial charge is 0.490 e. The second-order valence-corrected chi connectivity index (χ2v) is 8.53. The zero-order chi connectivity index (χ0) is 23.5. The average molecular weight is 452 g/mol. The summed E-state index contributed by atoms with van der Waals surface area (Å²) in [5.41, 5.74) is 3.55. The number of hydrogen-bond donors (Lipinski definition) is 1. The van der Waals surface area contributed by atoms with E-state index in [1.807, 2.05) is 17.9 Å². The lowest BCUT2D eigenvalue weighted by Crippen LogP contribution is -2.36. The fraction of sp³-hybridized carbons (Fsp3) is 0.500. The van der Waals surface area contributed by atoms with Gasteiger partial charge in [-0.05, 0) is 31.9 Å². The van der Waals surface area contributed by atoms with Crippen molar-refractivity contribution in [1.82, 2.24) is 19.6 Å². The third-order valence-corrected chi connectivity index (χ3v) is 5.90. The normalized spacial score (nSPS) is 21.2. The van der Waals surface area contributed by atoms with Crippen LogP contribution in [0.4, 0.5) is 13.2 Å². The van der Waals surface area contributed by atoms with E-state index < -0.39 is 12.1 Å². The van der Waals surface area contributed by atoms with E-state index in [1.54, 1.807) is 0 Å². The maximum atomic E-state index is 13.1. The van der Waals surface area contributed by atoms with Crippen molar-refractivity contribution in [2.45, 2.75) is 39.0 Å². The molecule has 2 fully saturated rings. The molecular formula is C22H27F3N4O3. The Morgan fingerprint density at radius 1 is 1.19 bits per heavy atom. The van der Waals surface area contributed by atoms with Gasteiger partial charge in [0.2, 0.25) is 5.91 Å². The number of likely N-dealkylation sites (tertiary alicyclic amines) is 2. The van der Waals surface area contributed by atoms with Gasteiger partial charge in [-0.1, -0.05) is 29.8 Å².